The summed E-state index contributed by atoms with van der Waals surface area (Å²) in [6, 6.07) is 0. The molecule has 0 aliphatic rings. The Morgan fingerprint density at radius 2 is 2.00 bits per heavy atom. The maximum atomic E-state index is 12.1. The van der Waals surface area contributed by atoms with Crippen molar-refractivity contribution in [1.82, 2.24) is 5.12 Å². The average molecular weight is 159 g/mol. The van der Waals surface area contributed by atoms with Gasteiger partial charge in [0.15, 0.2) is 0 Å². The van der Waals surface area contributed by atoms with Crippen molar-refractivity contribution in [3.63, 3.8) is 0 Å². The fourth-order valence-corrected chi connectivity index (χ4v) is 0.423. The first-order chi connectivity index (χ1) is 5.18. The summed E-state index contributed by atoms with van der Waals surface area (Å²) >= 11 is 0. The zero-order valence-electron chi connectivity index (χ0n) is 7.73. The summed E-state index contributed by atoms with van der Waals surface area (Å²) < 4.78 is 12.1. The average Bonchev–Trinajstić information content (AvgIpc) is 2.03. The molecule has 0 heterocycles. The Kier molecular flexibility index (Phi) is 10.8. The number of hydrogen-bond donors (Lipinski definition) is 0. The molecule has 0 aromatic rings. The zero-order valence-corrected chi connectivity index (χ0v) is 7.73. The smallest absolute Gasteiger partial charge is 0.0390 e. The lowest BCUT2D eigenvalue weighted by atomic mass is 10.2. The topological polar surface area (TPSA) is 3.24 Å². The molecule has 0 spiro atoms. The molecule has 0 fully saturated rings. The van der Waals surface area contributed by atoms with Crippen LogP contribution in [0.1, 0.15) is 26.7 Å². The highest BCUT2D eigenvalue weighted by Gasteiger charge is 1.95. The Hall–Kier alpha value is -0.790. The quantitative estimate of drug-likeness (QED) is 0.449. The number of allylic oxidation sites excluding steroid dienone is 2. The Labute approximate surface area is 69.1 Å². The third kappa shape index (κ3) is 9.21. The standard InChI is InChI=1S/C7H12FN.C2H6/c1-4-5-6-7(2)9(3)8;1-2/h4H,1-2,5-6H2,3H3;1-2H3. The second-order valence-electron chi connectivity index (χ2n) is 1.87. The fraction of sp³-hybridized carbons (Fsp3) is 0.556. The van der Waals surface area contributed by atoms with Crippen molar-refractivity contribution >= 4 is 0 Å². The molecule has 2 heteroatoms. The molecular formula is C9H18FN. The van der Waals surface area contributed by atoms with E-state index >= 15 is 0 Å². The Balaban J connectivity index is 0. The van der Waals surface area contributed by atoms with E-state index in [0.717, 1.165) is 6.42 Å². The minimum atomic E-state index is 0.495. The number of nitrogens with zero attached hydrogens (tertiary/aromatic N) is 1. The van der Waals surface area contributed by atoms with E-state index < -0.39 is 0 Å². The second kappa shape index (κ2) is 9.21. The summed E-state index contributed by atoms with van der Waals surface area (Å²) in [5.74, 6) is 0. The first kappa shape index (κ1) is 12.8. The summed E-state index contributed by atoms with van der Waals surface area (Å²) in [7, 11) is 1.34. The largest absolute Gasteiger partial charge is 0.220 e. The molecule has 0 aliphatic heterocycles. The Morgan fingerprint density at radius 1 is 1.55 bits per heavy atom. The van der Waals surface area contributed by atoms with Crippen molar-refractivity contribution < 1.29 is 4.48 Å². The molecule has 0 N–H and O–H groups in total. The van der Waals surface area contributed by atoms with Gasteiger partial charge in [0, 0.05) is 12.7 Å². The molecule has 0 atom stereocenters. The van der Waals surface area contributed by atoms with Gasteiger partial charge in [-0.3, -0.25) is 0 Å². The number of hydrogen-bond acceptors (Lipinski definition) is 1. The molecule has 0 rings (SSSR count). The SMILES string of the molecule is C=CCCC(=C)N(C)F.CC. The zero-order chi connectivity index (χ0) is 9.28. The lowest BCUT2D eigenvalue weighted by Crippen LogP contribution is -2.03. The van der Waals surface area contributed by atoms with Crippen LogP contribution < -0.4 is 0 Å². The summed E-state index contributed by atoms with van der Waals surface area (Å²) in [6.45, 7) is 11.0. The van der Waals surface area contributed by atoms with Crippen molar-refractivity contribution in [3.05, 3.63) is 24.9 Å². The van der Waals surface area contributed by atoms with Crippen molar-refractivity contribution in [2.24, 2.45) is 0 Å². The highest BCUT2D eigenvalue weighted by Crippen LogP contribution is 2.06. The van der Waals surface area contributed by atoms with Crippen LogP contribution in [0.5, 0.6) is 0 Å². The maximum absolute atomic E-state index is 12.1. The summed E-state index contributed by atoms with van der Waals surface area (Å²) in [5.41, 5.74) is 0.495. The van der Waals surface area contributed by atoms with Gasteiger partial charge >= 0.3 is 0 Å². The van der Waals surface area contributed by atoms with Gasteiger partial charge in [0.25, 0.3) is 0 Å². The van der Waals surface area contributed by atoms with Crippen molar-refractivity contribution in [2.75, 3.05) is 7.05 Å². The van der Waals surface area contributed by atoms with Gasteiger partial charge < -0.3 is 0 Å². The van der Waals surface area contributed by atoms with Crippen LogP contribution >= 0.6 is 0 Å². The van der Waals surface area contributed by atoms with Crippen LogP contribution in [-0.2, 0) is 0 Å². The van der Waals surface area contributed by atoms with Crippen LogP contribution in [-0.4, -0.2) is 12.2 Å². The number of rotatable bonds is 4. The van der Waals surface area contributed by atoms with Gasteiger partial charge in [0.2, 0.25) is 0 Å². The van der Waals surface area contributed by atoms with Gasteiger partial charge in [0.05, 0.1) is 0 Å². The number of halogens is 1. The molecule has 0 unspecified atom stereocenters. The van der Waals surface area contributed by atoms with E-state index in [-0.39, 0.29) is 0 Å². The Morgan fingerprint density at radius 3 is 2.27 bits per heavy atom. The Bertz CT molecular complexity index is 108. The fourth-order valence-electron chi connectivity index (χ4n) is 0.423. The summed E-state index contributed by atoms with van der Waals surface area (Å²) in [4.78, 5) is 0. The second-order valence-corrected chi connectivity index (χ2v) is 1.87. The molecule has 0 bridgehead atoms. The summed E-state index contributed by atoms with van der Waals surface area (Å²) in [5, 5.41) is 0.531. The summed E-state index contributed by atoms with van der Waals surface area (Å²) in [6.07, 6.45) is 3.18. The van der Waals surface area contributed by atoms with Gasteiger partial charge in [0.1, 0.15) is 0 Å². The van der Waals surface area contributed by atoms with Gasteiger partial charge in [-0.15, -0.1) is 11.1 Å². The van der Waals surface area contributed by atoms with E-state index in [0.29, 0.717) is 17.2 Å². The van der Waals surface area contributed by atoms with E-state index in [1.165, 1.54) is 7.05 Å². The van der Waals surface area contributed by atoms with Gasteiger partial charge in [-0.05, 0) is 12.8 Å². The van der Waals surface area contributed by atoms with E-state index in [2.05, 4.69) is 13.2 Å². The molecule has 0 saturated carbocycles. The van der Waals surface area contributed by atoms with E-state index in [4.69, 9.17) is 0 Å². The first-order valence-electron chi connectivity index (χ1n) is 3.86. The monoisotopic (exact) mass is 159 g/mol. The molecule has 0 aliphatic carbocycles. The van der Waals surface area contributed by atoms with Crippen molar-refractivity contribution in [1.29, 1.82) is 0 Å². The van der Waals surface area contributed by atoms with Crippen LogP contribution in [0.2, 0.25) is 0 Å². The van der Waals surface area contributed by atoms with Crippen molar-refractivity contribution in [2.45, 2.75) is 26.7 Å². The van der Waals surface area contributed by atoms with Crippen LogP contribution in [0.15, 0.2) is 24.9 Å². The molecule has 1 nitrogen and oxygen atoms in total. The van der Waals surface area contributed by atoms with Gasteiger partial charge in [-0.2, -0.15) is 0 Å². The first-order valence-corrected chi connectivity index (χ1v) is 3.86. The lowest BCUT2D eigenvalue weighted by Gasteiger charge is -2.07. The van der Waals surface area contributed by atoms with Crippen LogP contribution in [0.4, 0.5) is 4.48 Å². The predicted molar refractivity (Wildman–Crippen MR) is 48.8 cm³/mol. The molecular weight excluding hydrogens is 141 g/mol. The molecule has 0 saturated heterocycles. The molecule has 11 heavy (non-hydrogen) atoms. The maximum Gasteiger partial charge on any atom is 0.0390 e. The molecule has 0 radical (unpaired) electrons. The lowest BCUT2D eigenvalue weighted by molar-refractivity contribution is 0.103. The van der Waals surface area contributed by atoms with E-state index in [1.807, 2.05) is 13.8 Å². The minimum Gasteiger partial charge on any atom is -0.220 e. The van der Waals surface area contributed by atoms with Crippen LogP contribution in [0, 0.1) is 0 Å². The van der Waals surface area contributed by atoms with Crippen LogP contribution in [0.3, 0.4) is 0 Å². The molecule has 0 amide bonds. The highest BCUT2D eigenvalue weighted by atomic mass is 19.2. The highest BCUT2D eigenvalue weighted by molar-refractivity contribution is 4.90. The molecule has 66 valence electrons. The van der Waals surface area contributed by atoms with E-state index in [1.54, 1.807) is 6.08 Å². The molecule has 0 aromatic heterocycles. The van der Waals surface area contributed by atoms with Gasteiger partial charge in [-0.1, -0.05) is 26.5 Å². The van der Waals surface area contributed by atoms with Crippen LogP contribution in [0.25, 0.3) is 0 Å². The third-order valence-electron chi connectivity index (χ3n) is 1.07. The van der Waals surface area contributed by atoms with E-state index in [9.17, 15) is 4.48 Å². The van der Waals surface area contributed by atoms with Crippen molar-refractivity contribution in [3.8, 4) is 0 Å². The normalized spacial score (nSPS) is 7.64. The third-order valence-corrected chi connectivity index (χ3v) is 1.07. The predicted octanol–water partition coefficient (Wildman–Crippen LogP) is 3.31. The minimum absolute atomic E-state index is 0.495. The van der Waals surface area contributed by atoms with Gasteiger partial charge in [-0.25, -0.2) is 5.12 Å². The molecule has 0 aromatic carbocycles.